The largest absolute Gasteiger partial charge is 0.492 e. The molecule has 1 aromatic rings. The van der Waals surface area contributed by atoms with Gasteiger partial charge in [-0.15, -0.1) is 0 Å². The Morgan fingerprint density at radius 1 is 1.15 bits per heavy atom. The molecule has 1 heterocycles. The summed E-state index contributed by atoms with van der Waals surface area (Å²) in [6.45, 7) is 3.52. The fourth-order valence-corrected chi connectivity index (χ4v) is 5.42. The topological polar surface area (TPSA) is 53.1 Å². The first-order valence-electron chi connectivity index (χ1n) is 9.80. The van der Waals surface area contributed by atoms with Gasteiger partial charge in [-0.1, -0.05) is 25.3 Å². The number of rotatable bonds is 7. The van der Waals surface area contributed by atoms with Gasteiger partial charge < -0.3 is 4.74 Å². The lowest BCUT2D eigenvalue weighted by molar-refractivity contribution is 0.152. The summed E-state index contributed by atoms with van der Waals surface area (Å²) in [5, 5.41) is 0. The molecule has 1 saturated heterocycles. The van der Waals surface area contributed by atoms with Crippen LogP contribution in [0.3, 0.4) is 0 Å². The standard InChI is InChI=1S/C19H30FN3O3S/c1-21(18-7-3-2-4-8-18)27(24,25)23-12-10-22(11-13-23)14-15-26-19-9-5-6-17(20)16-19/h5-6,9,16,18H,2-4,7-8,10-15H2,1H3. The van der Waals surface area contributed by atoms with Gasteiger partial charge in [-0.3, -0.25) is 4.90 Å². The summed E-state index contributed by atoms with van der Waals surface area (Å²) in [5.41, 5.74) is 0. The summed E-state index contributed by atoms with van der Waals surface area (Å²) in [7, 11) is -1.66. The van der Waals surface area contributed by atoms with E-state index in [0.717, 1.165) is 25.7 Å². The maximum Gasteiger partial charge on any atom is 0.282 e. The van der Waals surface area contributed by atoms with Crippen LogP contribution in [0.2, 0.25) is 0 Å². The van der Waals surface area contributed by atoms with Gasteiger partial charge in [0.25, 0.3) is 10.2 Å². The number of piperazine rings is 1. The fraction of sp³-hybridized carbons (Fsp3) is 0.684. The third-order valence-corrected chi connectivity index (χ3v) is 7.63. The minimum absolute atomic E-state index is 0.140. The van der Waals surface area contributed by atoms with E-state index < -0.39 is 10.2 Å². The Kier molecular flexibility index (Phi) is 7.08. The van der Waals surface area contributed by atoms with Gasteiger partial charge in [0, 0.05) is 51.9 Å². The lowest BCUT2D eigenvalue weighted by atomic mass is 9.96. The van der Waals surface area contributed by atoms with E-state index in [9.17, 15) is 12.8 Å². The zero-order valence-corrected chi connectivity index (χ0v) is 16.8. The van der Waals surface area contributed by atoms with E-state index in [4.69, 9.17) is 4.74 Å². The van der Waals surface area contributed by atoms with Crippen LogP contribution in [0, 0.1) is 5.82 Å². The van der Waals surface area contributed by atoms with Gasteiger partial charge in [0.15, 0.2) is 0 Å². The quantitative estimate of drug-likeness (QED) is 0.706. The summed E-state index contributed by atoms with van der Waals surface area (Å²) < 4.78 is 47.7. The summed E-state index contributed by atoms with van der Waals surface area (Å²) in [4.78, 5) is 2.19. The van der Waals surface area contributed by atoms with Crippen molar-refractivity contribution in [3.05, 3.63) is 30.1 Å². The van der Waals surface area contributed by atoms with E-state index >= 15 is 0 Å². The number of halogens is 1. The second-order valence-electron chi connectivity index (χ2n) is 7.36. The number of nitrogens with zero attached hydrogens (tertiary/aromatic N) is 3. The molecule has 0 radical (unpaired) electrons. The molecule has 1 aromatic carbocycles. The van der Waals surface area contributed by atoms with Gasteiger partial charge in [0.2, 0.25) is 0 Å². The molecule has 0 spiro atoms. The first-order valence-corrected chi connectivity index (χ1v) is 11.2. The lowest BCUT2D eigenvalue weighted by Crippen LogP contribution is -2.54. The molecule has 0 aromatic heterocycles. The van der Waals surface area contributed by atoms with Crippen molar-refractivity contribution < 1.29 is 17.5 Å². The molecule has 27 heavy (non-hydrogen) atoms. The summed E-state index contributed by atoms with van der Waals surface area (Å²) in [5.74, 6) is 0.207. The van der Waals surface area contributed by atoms with Crippen LogP contribution >= 0.6 is 0 Å². The molecule has 1 aliphatic carbocycles. The van der Waals surface area contributed by atoms with E-state index in [0.29, 0.717) is 45.1 Å². The third kappa shape index (κ3) is 5.40. The fourth-order valence-electron chi connectivity index (χ4n) is 3.85. The Balaban J connectivity index is 1.43. The van der Waals surface area contributed by atoms with E-state index in [1.54, 1.807) is 27.8 Å². The van der Waals surface area contributed by atoms with Crippen molar-refractivity contribution in [2.45, 2.75) is 38.1 Å². The molecule has 0 bridgehead atoms. The van der Waals surface area contributed by atoms with Gasteiger partial charge in [0.1, 0.15) is 18.2 Å². The normalized spacial score (nSPS) is 20.9. The average molecular weight is 400 g/mol. The molecular weight excluding hydrogens is 369 g/mol. The monoisotopic (exact) mass is 399 g/mol. The van der Waals surface area contributed by atoms with Crippen LogP contribution in [0.5, 0.6) is 5.75 Å². The van der Waals surface area contributed by atoms with Crippen molar-refractivity contribution in [2.24, 2.45) is 0 Å². The summed E-state index contributed by atoms with van der Waals surface area (Å²) in [6, 6.07) is 6.25. The van der Waals surface area contributed by atoms with E-state index in [-0.39, 0.29) is 11.9 Å². The second-order valence-corrected chi connectivity index (χ2v) is 9.35. The Labute approximate surface area is 162 Å². The van der Waals surface area contributed by atoms with E-state index in [2.05, 4.69) is 4.90 Å². The highest BCUT2D eigenvalue weighted by molar-refractivity contribution is 7.86. The minimum atomic E-state index is -3.39. The Morgan fingerprint density at radius 2 is 1.85 bits per heavy atom. The van der Waals surface area contributed by atoms with Crippen LogP contribution in [0.15, 0.2) is 24.3 Å². The Hall–Kier alpha value is -1.22. The van der Waals surface area contributed by atoms with Crippen molar-refractivity contribution in [2.75, 3.05) is 46.4 Å². The highest BCUT2D eigenvalue weighted by Crippen LogP contribution is 2.25. The van der Waals surface area contributed by atoms with Crippen LogP contribution in [0.25, 0.3) is 0 Å². The molecule has 2 aliphatic rings. The van der Waals surface area contributed by atoms with Crippen molar-refractivity contribution >= 4 is 10.2 Å². The Morgan fingerprint density at radius 3 is 2.52 bits per heavy atom. The van der Waals surface area contributed by atoms with Crippen molar-refractivity contribution in [3.63, 3.8) is 0 Å². The maximum atomic E-state index is 13.1. The maximum absolute atomic E-state index is 13.1. The molecule has 152 valence electrons. The van der Waals surface area contributed by atoms with E-state index in [1.807, 2.05) is 0 Å². The average Bonchev–Trinajstić information content (AvgIpc) is 2.68. The predicted octanol–water partition coefficient (Wildman–Crippen LogP) is 2.33. The number of hydrogen-bond donors (Lipinski definition) is 0. The van der Waals surface area contributed by atoms with Gasteiger partial charge in [-0.05, 0) is 25.0 Å². The van der Waals surface area contributed by atoms with Gasteiger partial charge >= 0.3 is 0 Å². The third-order valence-electron chi connectivity index (χ3n) is 5.58. The molecular formula is C19H30FN3O3S. The predicted molar refractivity (Wildman–Crippen MR) is 103 cm³/mol. The number of benzene rings is 1. The molecule has 0 amide bonds. The second kappa shape index (κ2) is 9.32. The molecule has 1 saturated carbocycles. The minimum Gasteiger partial charge on any atom is -0.492 e. The Bertz CT molecular complexity index is 702. The van der Waals surface area contributed by atoms with Gasteiger partial charge in [-0.2, -0.15) is 17.0 Å². The molecule has 8 heteroatoms. The summed E-state index contributed by atoms with van der Waals surface area (Å²) in [6.07, 6.45) is 5.37. The molecule has 6 nitrogen and oxygen atoms in total. The van der Waals surface area contributed by atoms with Crippen molar-refractivity contribution in [1.82, 2.24) is 13.5 Å². The first kappa shape index (κ1) is 20.5. The lowest BCUT2D eigenvalue weighted by Gasteiger charge is -2.38. The number of hydrogen-bond acceptors (Lipinski definition) is 4. The molecule has 0 unspecified atom stereocenters. The molecule has 3 rings (SSSR count). The van der Waals surface area contributed by atoms with Crippen LogP contribution in [0.4, 0.5) is 4.39 Å². The van der Waals surface area contributed by atoms with Crippen LogP contribution in [-0.2, 0) is 10.2 Å². The van der Waals surface area contributed by atoms with Gasteiger partial charge in [-0.25, -0.2) is 4.39 Å². The number of ether oxygens (including phenoxy) is 1. The van der Waals surface area contributed by atoms with Crippen molar-refractivity contribution in [1.29, 1.82) is 0 Å². The van der Waals surface area contributed by atoms with Gasteiger partial charge in [0.05, 0.1) is 0 Å². The van der Waals surface area contributed by atoms with Crippen LogP contribution in [-0.4, -0.2) is 74.3 Å². The highest BCUT2D eigenvalue weighted by atomic mass is 32.2. The van der Waals surface area contributed by atoms with E-state index in [1.165, 1.54) is 18.6 Å². The first-order chi connectivity index (χ1) is 13.0. The molecule has 1 aliphatic heterocycles. The molecule has 0 atom stereocenters. The zero-order valence-electron chi connectivity index (χ0n) is 16.0. The van der Waals surface area contributed by atoms with Crippen molar-refractivity contribution in [3.8, 4) is 5.75 Å². The van der Waals surface area contributed by atoms with Crippen LogP contribution in [0.1, 0.15) is 32.1 Å². The van der Waals surface area contributed by atoms with Crippen LogP contribution < -0.4 is 4.74 Å². The molecule has 2 fully saturated rings. The SMILES string of the molecule is CN(C1CCCCC1)S(=O)(=O)N1CCN(CCOc2cccc(F)c2)CC1. The summed E-state index contributed by atoms with van der Waals surface area (Å²) >= 11 is 0. The highest BCUT2D eigenvalue weighted by Gasteiger charge is 2.34. The smallest absolute Gasteiger partial charge is 0.282 e. The zero-order chi connectivity index (χ0) is 19.3. The molecule has 0 N–H and O–H groups in total.